The molecule has 18 heavy (non-hydrogen) atoms. The van der Waals surface area contributed by atoms with Crippen molar-refractivity contribution in [3.05, 3.63) is 11.9 Å². The van der Waals surface area contributed by atoms with E-state index in [4.69, 9.17) is 5.73 Å². The Labute approximate surface area is 107 Å². The number of piperidine rings is 1. The number of nitrogen functional groups attached to an aromatic ring is 1. The summed E-state index contributed by atoms with van der Waals surface area (Å²) in [5.41, 5.74) is 5.87. The summed E-state index contributed by atoms with van der Waals surface area (Å²) >= 11 is 0. The van der Waals surface area contributed by atoms with Crippen LogP contribution in [0.2, 0.25) is 0 Å². The van der Waals surface area contributed by atoms with Gasteiger partial charge in [-0.25, -0.2) is 9.97 Å². The number of nitrogens with zero attached hydrogens (tertiary/aromatic N) is 3. The SMILES string of the molecule is Nc1cc(N2CCCC(CO)C2)nc(C2CC2)n1. The largest absolute Gasteiger partial charge is 0.396 e. The van der Waals surface area contributed by atoms with E-state index in [0.717, 1.165) is 37.6 Å². The molecule has 0 bridgehead atoms. The quantitative estimate of drug-likeness (QED) is 0.839. The van der Waals surface area contributed by atoms with Crippen LogP contribution < -0.4 is 10.6 Å². The van der Waals surface area contributed by atoms with Crippen molar-refractivity contribution >= 4 is 11.6 Å². The van der Waals surface area contributed by atoms with Gasteiger partial charge >= 0.3 is 0 Å². The third kappa shape index (κ3) is 2.41. The van der Waals surface area contributed by atoms with E-state index >= 15 is 0 Å². The van der Waals surface area contributed by atoms with Crippen molar-refractivity contribution in [3.8, 4) is 0 Å². The Morgan fingerprint density at radius 2 is 2.17 bits per heavy atom. The van der Waals surface area contributed by atoms with Crippen LogP contribution in [0.15, 0.2) is 6.07 Å². The van der Waals surface area contributed by atoms with Gasteiger partial charge in [0, 0.05) is 31.7 Å². The van der Waals surface area contributed by atoms with Crippen LogP contribution in [0.25, 0.3) is 0 Å². The fourth-order valence-electron chi connectivity index (χ4n) is 2.58. The summed E-state index contributed by atoms with van der Waals surface area (Å²) in [7, 11) is 0. The number of anilines is 2. The Morgan fingerprint density at radius 3 is 2.89 bits per heavy atom. The van der Waals surface area contributed by atoms with Crippen LogP contribution in [0.4, 0.5) is 11.6 Å². The van der Waals surface area contributed by atoms with Crippen LogP contribution in [-0.2, 0) is 0 Å². The Balaban J connectivity index is 1.81. The summed E-state index contributed by atoms with van der Waals surface area (Å²) < 4.78 is 0. The van der Waals surface area contributed by atoms with Gasteiger partial charge in [0.25, 0.3) is 0 Å². The van der Waals surface area contributed by atoms with E-state index in [2.05, 4.69) is 14.9 Å². The number of hydrogen-bond donors (Lipinski definition) is 2. The lowest BCUT2D eigenvalue weighted by Gasteiger charge is -2.32. The van der Waals surface area contributed by atoms with E-state index in [-0.39, 0.29) is 6.61 Å². The first-order valence-electron chi connectivity index (χ1n) is 6.76. The fourth-order valence-corrected chi connectivity index (χ4v) is 2.58. The molecule has 1 aromatic heterocycles. The number of rotatable bonds is 3. The lowest BCUT2D eigenvalue weighted by molar-refractivity contribution is 0.208. The first-order valence-corrected chi connectivity index (χ1v) is 6.76. The standard InChI is InChI=1S/C13H20N4O/c14-11-6-12(16-13(15-11)10-3-4-10)17-5-1-2-9(7-17)8-18/h6,9-10,18H,1-5,7-8H2,(H2,14,15,16). The molecule has 1 aliphatic carbocycles. The molecular formula is C13H20N4O. The Morgan fingerprint density at radius 1 is 1.33 bits per heavy atom. The zero-order valence-corrected chi connectivity index (χ0v) is 10.5. The van der Waals surface area contributed by atoms with Crippen molar-refractivity contribution in [2.45, 2.75) is 31.6 Å². The second-order valence-corrected chi connectivity index (χ2v) is 5.42. The molecule has 1 saturated heterocycles. The maximum absolute atomic E-state index is 9.28. The zero-order chi connectivity index (χ0) is 12.5. The first-order chi connectivity index (χ1) is 8.76. The normalized spacial score (nSPS) is 24.3. The van der Waals surface area contributed by atoms with Gasteiger partial charge in [0.1, 0.15) is 17.5 Å². The first kappa shape index (κ1) is 11.7. The molecular weight excluding hydrogens is 228 g/mol. The number of nitrogens with two attached hydrogens (primary N) is 1. The van der Waals surface area contributed by atoms with Crippen molar-refractivity contribution in [1.29, 1.82) is 0 Å². The molecule has 1 saturated carbocycles. The Bertz CT molecular complexity index is 433. The van der Waals surface area contributed by atoms with E-state index in [1.54, 1.807) is 0 Å². The highest BCUT2D eigenvalue weighted by atomic mass is 16.3. The Kier molecular flexibility index (Phi) is 3.07. The summed E-state index contributed by atoms with van der Waals surface area (Å²) in [6.07, 6.45) is 4.57. The van der Waals surface area contributed by atoms with E-state index in [0.29, 0.717) is 17.7 Å². The molecule has 0 radical (unpaired) electrons. The molecule has 0 spiro atoms. The molecule has 3 N–H and O–H groups in total. The summed E-state index contributed by atoms with van der Waals surface area (Å²) in [5.74, 6) is 3.27. The maximum Gasteiger partial charge on any atom is 0.136 e. The molecule has 1 atom stereocenters. The molecule has 0 aromatic carbocycles. The van der Waals surface area contributed by atoms with Crippen molar-refractivity contribution in [2.75, 3.05) is 30.3 Å². The number of aliphatic hydroxyl groups is 1. The average Bonchev–Trinajstić information content (AvgIpc) is 3.22. The second kappa shape index (κ2) is 4.72. The minimum atomic E-state index is 0.256. The van der Waals surface area contributed by atoms with Crippen molar-refractivity contribution in [3.63, 3.8) is 0 Å². The van der Waals surface area contributed by atoms with Crippen LogP contribution in [0.1, 0.15) is 37.4 Å². The van der Waals surface area contributed by atoms with Crippen LogP contribution in [-0.4, -0.2) is 34.8 Å². The summed E-state index contributed by atoms with van der Waals surface area (Å²) in [6, 6.07) is 1.85. The van der Waals surface area contributed by atoms with Gasteiger partial charge in [-0.15, -0.1) is 0 Å². The van der Waals surface area contributed by atoms with Crippen molar-refractivity contribution < 1.29 is 5.11 Å². The van der Waals surface area contributed by atoms with Gasteiger partial charge in [0.2, 0.25) is 0 Å². The smallest absolute Gasteiger partial charge is 0.136 e. The van der Waals surface area contributed by atoms with E-state index < -0.39 is 0 Å². The third-order valence-electron chi connectivity index (χ3n) is 3.79. The highest BCUT2D eigenvalue weighted by molar-refractivity contribution is 5.48. The molecule has 2 heterocycles. The number of aromatic nitrogens is 2. The van der Waals surface area contributed by atoms with Gasteiger partial charge in [-0.3, -0.25) is 0 Å². The van der Waals surface area contributed by atoms with Gasteiger partial charge in [0.05, 0.1) is 0 Å². The van der Waals surface area contributed by atoms with Crippen molar-refractivity contribution in [2.24, 2.45) is 5.92 Å². The predicted octanol–water partition coefficient (Wildman–Crippen LogP) is 1.14. The van der Waals surface area contributed by atoms with Gasteiger partial charge < -0.3 is 15.7 Å². The second-order valence-electron chi connectivity index (χ2n) is 5.42. The molecule has 3 rings (SSSR count). The number of aliphatic hydroxyl groups excluding tert-OH is 1. The van der Waals surface area contributed by atoms with Crippen LogP contribution in [0, 0.1) is 5.92 Å². The Hall–Kier alpha value is -1.36. The van der Waals surface area contributed by atoms with Gasteiger partial charge in [-0.1, -0.05) is 0 Å². The summed E-state index contributed by atoms with van der Waals surface area (Å²) in [5, 5.41) is 9.28. The van der Waals surface area contributed by atoms with E-state index in [9.17, 15) is 5.11 Å². The molecule has 5 heteroatoms. The molecule has 2 aliphatic rings. The monoisotopic (exact) mass is 248 g/mol. The van der Waals surface area contributed by atoms with E-state index in [1.807, 2.05) is 6.07 Å². The summed E-state index contributed by atoms with van der Waals surface area (Å²) in [6.45, 7) is 2.13. The highest BCUT2D eigenvalue weighted by Gasteiger charge is 2.28. The maximum atomic E-state index is 9.28. The average molecular weight is 248 g/mol. The third-order valence-corrected chi connectivity index (χ3v) is 3.79. The van der Waals surface area contributed by atoms with Crippen LogP contribution in [0.5, 0.6) is 0 Å². The molecule has 2 fully saturated rings. The number of hydrogen-bond acceptors (Lipinski definition) is 5. The molecule has 1 aliphatic heterocycles. The molecule has 1 aromatic rings. The molecule has 98 valence electrons. The van der Waals surface area contributed by atoms with Crippen molar-refractivity contribution in [1.82, 2.24) is 9.97 Å². The van der Waals surface area contributed by atoms with Crippen LogP contribution in [0.3, 0.4) is 0 Å². The van der Waals surface area contributed by atoms with E-state index in [1.165, 1.54) is 12.8 Å². The predicted molar refractivity (Wildman–Crippen MR) is 70.4 cm³/mol. The van der Waals surface area contributed by atoms with Gasteiger partial charge in [-0.05, 0) is 31.6 Å². The van der Waals surface area contributed by atoms with Gasteiger partial charge in [-0.2, -0.15) is 0 Å². The topological polar surface area (TPSA) is 75.3 Å². The lowest BCUT2D eigenvalue weighted by Crippen LogP contribution is -2.37. The molecule has 5 nitrogen and oxygen atoms in total. The van der Waals surface area contributed by atoms with Gasteiger partial charge in [0.15, 0.2) is 0 Å². The molecule has 0 amide bonds. The lowest BCUT2D eigenvalue weighted by atomic mass is 9.99. The zero-order valence-electron chi connectivity index (χ0n) is 10.5. The van der Waals surface area contributed by atoms with Crippen LogP contribution >= 0.6 is 0 Å². The molecule has 1 unspecified atom stereocenters. The minimum absolute atomic E-state index is 0.256. The fraction of sp³-hybridized carbons (Fsp3) is 0.692. The highest BCUT2D eigenvalue weighted by Crippen LogP contribution is 2.39. The summed E-state index contributed by atoms with van der Waals surface area (Å²) in [4.78, 5) is 11.2. The minimum Gasteiger partial charge on any atom is -0.396 e.